The van der Waals surface area contributed by atoms with Crippen molar-refractivity contribution in [3.8, 4) is 0 Å². The second-order valence-electron chi connectivity index (χ2n) is 7.53. The molecular formula is C23H31N3O2. The van der Waals surface area contributed by atoms with Crippen LogP contribution in [0.2, 0.25) is 0 Å². The Morgan fingerprint density at radius 2 is 2.04 bits per heavy atom. The van der Waals surface area contributed by atoms with E-state index in [9.17, 15) is 9.90 Å². The van der Waals surface area contributed by atoms with Crippen LogP contribution in [0.1, 0.15) is 55.3 Å². The van der Waals surface area contributed by atoms with Crippen LogP contribution in [-0.2, 0) is 17.9 Å². The fourth-order valence-electron chi connectivity index (χ4n) is 4.00. The number of aliphatic hydroxyl groups is 1. The summed E-state index contributed by atoms with van der Waals surface area (Å²) in [5, 5.41) is 12.7. The molecule has 1 saturated heterocycles. The Morgan fingerprint density at radius 3 is 2.75 bits per heavy atom. The lowest BCUT2D eigenvalue weighted by Crippen LogP contribution is -2.33. The summed E-state index contributed by atoms with van der Waals surface area (Å²) in [5.74, 6) is -0.180. The zero-order chi connectivity index (χ0) is 19.8. The number of carbonyl (C=O) groups is 1. The fourth-order valence-corrected chi connectivity index (χ4v) is 4.00. The van der Waals surface area contributed by atoms with Gasteiger partial charge in [-0.1, -0.05) is 43.7 Å². The van der Waals surface area contributed by atoms with E-state index in [-0.39, 0.29) is 24.5 Å². The van der Waals surface area contributed by atoms with Gasteiger partial charge in [-0.2, -0.15) is 0 Å². The SMILES string of the molecule is CCC[C@H](C(=O)NCc1ccccc1CN1CCC[C@H]1CO)c1ccccn1. The number of amides is 1. The number of hydrogen-bond acceptors (Lipinski definition) is 4. The van der Waals surface area contributed by atoms with Crippen molar-refractivity contribution in [1.82, 2.24) is 15.2 Å². The highest BCUT2D eigenvalue weighted by atomic mass is 16.3. The monoisotopic (exact) mass is 381 g/mol. The number of aromatic nitrogens is 1. The number of pyridine rings is 1. The molecule has 5 heteroatoms. The molecule has 0 aliphatic carbocycles. The molecule has 1 aliphatic heterocycles. The first-order valence-corrected chi connectivity index (χ1v) is 10.3. The van der Waals surface area contributed by atoms with Crippen LogP contribution in [0.4, 0.5) is 0 Å². The van der Waals surface area contributed by atoms with E-state index in [1.807, 2.05) is 30.3 Å². The summed E-state index contributed by atoms with van der Waals surface area (Å²) in [4.78, 5) is 19.6. The topological polar surface area (TPSA) is 65.5 Å². The van der Waals surface area contributed by atoms with Gasteiger partial charge in [0.05, 0.1) is 18.2 Å². The average Bonchev–Trinajstić information content (AvgIpc) is 3.19. The van der Waals surface area contributed by atoms with E-state index in [0.29, 0.717) is 6.54 Å². The molecule has 0 spiro atoms. The summed E-state index contributed by atoms with van der Waals surface area (Å²) in [6.45, 7) is 4.65. The van der Waals surface area contributed by atoms with Crippen molar-refractivity contribution in [1.29, 1.82) is 0 Å². The average molecular weight is 382 g/mol. The van der Waals surface area contributed by atoms with Crippen molar-refractivity contribution < 1.29 is 9.90 Å². The van der Waals surface area contributed by atoms with Crippen molar-refractivity contribution in [3.63, 3.8) is 0 Å². The van der Waals surface area contributed by atoms with Crippen LogP contribution in [0.15, 0.2) is 48.7 Å². The number of carbonyl (C=O) groups excluding carboxylic acids is 1. The van der Waals surface area contributed by atoms with Gasteiger partial charge in [-0.15, -0.1) is 0 Å². The van der Waals surface area contributed by atoms with Crippen LogP contribution in [0, 0.1) is 0 Å². The Hall–Kier alpha value is -2.24. The Labute approximate surface area is 167 Å². The number of likely N-dealkylation sites (tertiary alicyclic amines) is 1. The van der Waals surface area contributed by atoms with Crippen molar-refractivity contribution >= 4 is 5.91 Å². The highest BCUT2D eigenvalue weighted by molar-refractivity contribution is 5.83. The summed E-state index contributed by atoms with van der Waals surface area (Å²) < 4.78 is 0. The molecule has 1 aromatic heterocycles. The molecule has 0 saturated carbocycles. The largest absolute Gasteiger partial charge is 0.395 e. The van der Waals surface area contributed by atoms with Crippen molar-refractivity contribution in [2.75, 3.05) is 13.2 Å². The maximum atomic E-state index is 12.9. The number of nitrogens with one attached hydrogen (secondary N) is 1. The van der Waals surface area contributed by atoms with E-state index < -0.39 is 0 Å². The smallest absolute Gasteiger partial charge is 0.229 e. The molecule has 0 radical (unpaired) electrons. The summed E-state index contributed by atoms with van der Waals surface area (Å²) in [6.07, 6.45) is 5.65. The van der Waals surface area contributed by atoms with Gasteiger partial charge >= 0.3 is 0 Å². The van der Waals surface area contributed by atoms with Crippen LogP contribution in [0.5, 0.6) is 0 Å². The normalized spacial score (nSPS) is 18.1. The maximum Gasteiger partial charge on any atom is 0.229 e. The molecule has 2 aromatic rings. The second-order valence-corrected chi connectivity index (χ2v) is 7.53. The number of benzene rings is 1. The lowest BCUT2D eigenvalue weighted by molar-refractivity contribution is -0.123. The molecule has 1 amide bonds. The zero-order valence-corrected chi connectivity index (χ0v) is 16.7. The molecule has 5 nitrogen and oxygen atoms in total. The van der Waals surface area contributed by atoms with E-state index in [0.717, 1.165) is 50.0 Å². The van der Waals surface area contributed by atoms with Gasteiger partial charge in [0, 0.05) is 25.3 Å². The molecule has 28 heavy (non-hydrogen) atoms. The van der Waals surface area contributed by atoms with Gasteiger partial charge in [0.25, 0.3) is 0 Å². The Balaban J connectivity index is 1.66. The van der Waals surface area contributed by atoms with Gasteiger partial charge < -0.3 is 10.4 Å². The van der Waals surface area contributed by atoms with Gasteiger partial charge in [-0.3, -0.25) is 14.7 Å². The van der Waals surface area contributed by atoms with Crippen LogP contribution in [0.25, 0.3) is 0 Å². The highest BCUT2D eigenvalue weighted by Gasteiger charge is 2.25. The number of rotatable bonds is 9. The van der Waals surface area contributed by atoms with Crippen molar-refractivity contribution in [2.24, 2.45) is 0 Å². The molecule has 2 atom stereocenters. The van der Waals surface area contributed by atoms with Crippen molar-refractivity contribution in [3.05, 3.63) is 65.5 Å². The van der Waals surface area contributed by atoms with Crippen LogP contribution in [0.3, 0.4) is 0 Å². The number of aliphatic hydroxyl groups excluding tert-OH is 1. The Bertz CT molecular complexity index is 751. The molecular weight excluding hydrogens is 350 g/mol. The molecule has 2 heterocycles. The first kappa shape index (κ1) is 20.5. The van der Waals surface area contributed by atoms with Crippen LogP contribution >= 0.6 is 0 Å². The van der Waals surface area contributed by atoms with E-state index in [4.69, 9.17) is 0 Å². The highest BCUT2D eigenvalue weighted by Crippen LogP contribution is 2.22. The van der Waals surface area contributed by atoms with Crippen LogP contribution < -0.4 is 5.32 Å². The predicted octanol–water partition coefficient (Wildman–Crippen LogP) is 3.24. The molecule has 150 valence electrons. The third-order valence-electron chi connectivity index (χ3n) is 5.59. The molecule has 0 unspecified atom stereocenters. The summed E-state index contributed by atoms with van der Waals surface area (Å²) in [5.41, 5.74) is 3.18. The maximum absolute atomic E-state index is 12.9. The first-order chi connectivity index (χ1) is 13.7. The number of hydrogen-bond donors (Lipinski definition) is 2. The molecule has 0 bridgehead atoms. The van der Waals surface area contributed by atoms with Gasteiger partial charge in [0.1, 0.15) is 0 Å². The number of nitrogens with zero attached hydrogens (tertiary/aromatic N) is 2. The Kier molecular flexibility index (Phi) is 7.57. The van der Waals surface area contributed by atoms with Gasteiger partial charge in [-0.25, -0.2) is 0 Å². The molecule has 1 aromatic carbocycles. The quantitative estimate of drug-likeness (QED) is 0.700. The lowest BCUT2D eigenvalue weighted by Gasteiger charge is -2.24. The molecule has 1 aliphatic rings. The van der Waals surface area contributed by atoms with Gasteiger partial charge in [0.2, 0.25) is 5.91 Å². The van der Waals surface area contributed by atoms with Gasteiger partial charge in [-0.05, 0) is 49.1 Å². The standard InChI is InChI=1S/C23H31N3O2/c1-2-8-21(22-12-5-6-13-24-22)23(28)25-15-18-9-3-4-10-19(18)16-26-14-7-11-20(26)17-27/h3-6,9-10,12-13,20-21,27H,2,7-8,11,14-17H2,1H3,(H,25,28)/t20-,21-/m0/s1. The zero-order valence-electron chi connectivity index (χ0n) is 16.7. The molecule has 3 rings (SSSR count). The van der Waals surface area contributed by atoms with Gasteiger partial charge in [0.15, 0.2) is 0 Å². The van der Waals surface area contributed by atoms with E-state index in [2.05, 4.69) is 34.3 Å². The third-order valence-corrected chi connectivity index (χ3v) is 5.59. The first-order valence-electron chi connectivity index (χ1n) is 10.3. The second kappa shape index (κ2) is 10.3. The summed E-state index contributed by atoms with van der Waals surface area (Å²) in [6, 6.07) is 14.2. The van der Waals surface area contributed by atoms with Crippen LogP contribution in [-0.4, -0.2) is 40.1 Å². The van der Waals surface area contributed by atoms with E-state index in [1.54, 1.807) is 6.20 Å². The minimum absolute atomic E-state index is 0.0322. The van der Waals surface area contributed by atoms with E-state index in [1.165, 1.54) is 5.56 Å². The minimum Gasteiger partial charge on any atom is -0.395 e. The molecule has 1 fully saturated rings. The van der Waals surface area contributed by atoms with E-state index >= 15 is 0 Å². The molecule has 2 N–H and O–H groups in total. The fraction of sp³-hybridized carbons (Fsp3) is 0.478. The third kappa shape index (κ3) is 5.18. The van der Waals surface area contributed by atoms with Crippen molar-refractivity contribution in [2.45, 2.75) is 57.7 Å². The summed E-state index contributed by atoms with van der Waals surface area (Å²) in [7, 11) is 0. The Morgan fingerprint density at radius 1 is 1.25 bits per heavy atom. The predicted molar refractivity (Wildman–Crippen MR) is 111 cm³/mol. The lowest BCUT2D eigenvalue weighted by atomic mass is 9.97. The minimum atomic E-state index is -0.212. The summed E-state index contributed by atoms with van der Waals surface area (Å²) >= 11 is 0.